The van der Waals surface area contributed by atoms with Crippen LogP contribution in [0.3, 0.4) is 0 Å². The highest BCUT2D eigenvalue weighted by atomic mass is 16.1. The van der Waals surface area contributed by atoms with Crippen LogP contribution in [0.5, 0.6) is 0 Å². The van der Waals surface area contributed by atoms with E-state index >= 15 is 0 Å². The van der Waals surface area contributed by atoms with E-state index in [4.69, 9.17) is 5.73 Å². The summed E-state index contributed by atoms with van der Waals surface area (Å²) in [7, 11) is 0. The molecular formula is C5H6N6O. The molecule has 0 fully saturated rings. The minimum absolute atomic E-state index is 0.331. The lowest BCUT2D eigenvalue weighted by atomic mass is 10.3. The van der Waals surface area contributed by atoms with E-state index < -0.39 is 5.91 Å². The van der Waals surface area contributed by atoms with Crippen LogP contribution >= 0.6 is 0 Å². The maximum Gasteiger partial charge on any atom is 0.264 e. The standard InChI is InChI=1S/C5H6N6O/c6-4(12)3-1-2-11-5(7-3)8-9-10-11/h1H,2H2,(H2,6,12)(H,7,8,10). The fourth-order valence-electron chi connectivity index (χ4n) is 0.929. The van der Waals surface area contributed by atoms with Gasteiger partial charge in [-0.05, 0) is 16.5 Å². The molecule has 1 aromatic rings. The number of carbonyl (C=O) groups excluding carboxylic acids is 1. The Bertz CT molecular complexity index is 353. The highest BCUT2D eigenvalue weighted by Crippen LogP contribution is 2.09. The number of tetrazole rings is 1. The average Bonchev–Trinajstić information content (AvgIpc) is 2.49. The quantitative estimate of drug-likeness (QED) is 0.527. The second-order valence-electron chi connectivity index (χ2n) is 2.29. The number of aromatic nitrogens is 4. The van der Waals surface area contributed by atoms with Gasteiger partial charge in [-0.1, -0.05) is 5.10 Å². The van der Waals surface area contributed by atoms with E-state index in [9.17, 15) is 4.79 Å². The molecule has 0 spiro atoms. The summed E-state index contributed by atoms with van der Waals surface area (Å²) in [5, 5.41) is 13.4. The van der Waals surface area contributed by atoms with E-state index in [1.807, 2.05) is 0 Å². The molecule has 7 heteroatoms. The predicted molar refractivity (Wildman–Crippen MR) is 38.7 cm³/mol. The second-order valence-corrected chi connectivity index (χ2v) is 2.29. The molecule has 62 valence electrons. The number of fused-ring (bicyclic) bond motifs is 1. The van der Waals surface area contributed by atoms with Crippen molar-refractivity contribution in [3.63, 3.8) is 0 Å². The average molecular weight is 166 g/mol. The Balaban J connectivity index is 2.29. The van der Waals surface area contributed by atoms with Gasteiger partial charge >= 0.3 is 0 Å². The zero-order valence-electron chi connectivity index (χ0n) is 6.06. The number of primary amides is 1. The van der Waals surface area contributed by atoms with Gasteiger partial charge in [-0.2, -0.15) is 0 Å². The minimum Gasteiger partial charge on any atom is -0.364 e. The maximum atomic E-state index is 10.7. The number of carbonyl (C=O) groups is 1. The Hall–Kier alpha value is -1.92. The summed E-state index contributed by atoms with van der Waals surface area (Å²) in [5.41, 5.74) is 5.38. The molecule has 12 heavy (non-hydrogen) atoms. The van der Waals surface area contributed by atoms with Crippen molar-refractivity contribution < 1.29 is 4.79 Å². The molecule has 1 aliphatic rings. The smallest absolute Gasteiger partial charge is 0.264 e. The van der Waals surface area contributed by atoms with Gasteiger partial charge in [0.05, 0.1) is 6.54 Å². The van der Waals surface area contributed by atoms with Crippen LogP contribution in [0.25, 0.3) is 0 Å². The first-order valence-corrected chi connectivity index (χ1v) is 3.30. The molecule has 0 radical (unpaired) electrons. The molecule has 0 saturated heterocycles. The highest BCUT2D eigenvalue weighted by Gasteiger charge is 2.15. The normalized spacial score (nSPS) is 14.5. The third kappa shape index (κ3) is 0.911. The summed E-state index contributed by atoms with van der Waals surface area (Å²) in [6.45, 7) is 0.466. The van der Waals surface area contributed by atoms with Crippen molar-refractivity contribution in [1.29, 1.82) is 0 Å². The van der Waals surface area contributed by atoms with E-state index in [-0.39, 0.29) is 0 Å². The number of nitrogens with one attached hydrogen (secondary N) is 1. The Kier molecular flexibility index (Phi) is 1.29. The molecular weight excluding hydrogens is 160 g/mol. The molecule has 1 aliphatic heterocycles. The molecule has 3 N–H and O–H groups in total. The van der Waals surface area contributed by atoms with Crippen LogP contribution in [0.15, 0.2) is 11.8 Å². The Labute approximate surface area is 67.2 Å². The van der Waals surface area contributed by atoms with Crippen molar-refractivity contribution in [3.05, 3.63) is 11.8 Å². The lowest BCUT2D eigenvalue weighted by molar-refractivity contribution is -0.114. The molecule has 0 unspecified atom stereocenters. The van der Waals surface area contributed by atoms with E-state index in [1.54, 1.807) is 6.08 Å². The minimum atomic E-state index is -0.510. The largest absolute Gasteiger partial charge is 0.364 e. The lowest BCUT2D eigenvalue weighted by Gasteiger charge is -2.11. The summed E-state index contributed by atoms with van der Waals surface area (Å²) < 4.78 is 1.52. The van der Waals surface area contributed by atoms with Gasteiger partial charge in [0.2, 0.25) is 5.95 Å². The van der Waals surface area contributed by atoms with E-state index in [2.05, 4.69) is 20.8 Å². The third-order valence-corrected chi connectivity index (χ3v) is 1.51. The SMILES string of the molecule is NC(=O)C1=CCn2nnnc2N1. The van der Waals surface area contributed by atoms with Crippen molar-refractivity contribution in [3.8, 4) is 0 Å². The molecule has 0 saturated carbocycles. The number of hydrogen-bond donors (Lipinski definition) is 2. The number of hydrogen-bond acceptors (Lipinski definition) is 5. The first kappa shape index (κ1) is 6.77. The van der Waals surface area contributed by atoms with Gasteiger partial charge in [0.1, 0.15) is 5.70 Å². The van der Waals surface area contributed by atoms with E-state index in [1.165, 1.54) is 4.68 Å². The van der Waals surface area contributed by atoms with Crippen LogP contribution < -0.4 is 11.1 Å². The van der Waals surface area contributed by atoms with Crippen LogP contribution in [0.2, 0.25) is 0 Å². The molecule has 1 amide bonds. The molecule has 0 bridgehead atoms. The Morgan fingerprint density at radius 3 is 3.33 bits per heavy atom. The van der Waals surface area contributed by atoms with Crippen molar-refractivity contribution in [1.82, 2.24) is 20.2 Å². The Morgan fingerprint density at radius 1 is 1.75 bits per heavy atom. The number of rotatable bonds is 1. The molecule has 0 aromatic carbocycles. The van der Waals surface area contributed by atoms with Gasteiger partial charge in [0.15, 0.2) is 0 Å². The highest BCUT2D eigenvalue weighted by molar-refractivity contribution is 5.94. The summed E-state index contributed by atoms with van der Waals surface area (Å²) in [6.07, 6.45) is 1.63. The van der Waals surface area contributed by atoms with E-state index in [0.717, 1.165) is 0 Å². The first-order valence-electron chi connectivity index (χ1n) is 3.30. The number of anilines is 1. The molecule has 2 rings (SSSR count). The van der Waals surface area contributed by atoms with Gasteiger partial charge < -0.3 is 11.1 Å². The fraction of sp³-hybridized carbons (Fsp3) is 0.200. The summed E-state index contributed by atoms with van der Waals surface area (Å²) >= 11 is 0. The summed E-state index contributed by atoms with van der Waals surface area (Å²) in [6, 6.07) is 0. The Morgan fingerprint density at radius 2 is 2.58 bits per heavy atom. The molecule has 7 nitrogen and oxygen atoms in total. The van der Waals surface area contributed by atoms with Crippen LogP contribution in [0.4, 0.5) is 5.95 Å². The van der Waals surface area contributed by atoms with Crippen LogP contribution in [0, 0.1) is 0 Å². The topological polar surface area (TPSA) is 98.7 Å². The van der Waals surface area contributed by atoms with E-state index in [0.29, 0.717) is 18.2 Å². The van der Waals surface area contributed by atoms with Crippen molar-refractivity contribution in [2.75, 3.05) is 5.32 Å². The number of nitrogens with zero attached hydrogens (tertiary/aromatic N) is 4. The van der Waals surface area contributed by atoms with Crippen molar-refractivity contribution >= 4 is 11.9 Å². The zero-order valence-corrected chi connectivity index (χ0v) is 6.06. The van der Waals surface area contributed by atoms with Gasteiger partial charge in [-0.3, -0.25) is 4.79 Å². The molecule has 1 aromatic heterocycles. The van der Waals surface area contributed by atoms with Gasteiger partial charge in [-0.15, -0.1) is 0 Å². The molecule has 0 aliphatic carbocycles. The molecule has 0 atom stereocenters. The monoisotopic (exact) mass is 166 g/mol. The van der Waals surface area contributed by atoms with Crippen molar-refractivity contribution in [2.45, 2.75) is 6.54 Å². The van der Waals surface area contributed by atoms with Gasteiger partial charge in [0.25, 0.3) is 5.91 Å². The second kappa shape index (κ2) is 2.29. The number of allylic oxidation sites excluding steroid dienone is 1. The van der Waals surface area contributed by atoms with Crippen LogP contribution in [-0.4, -0.2) is 26.1 Å². The summed E-state index contributed by atoms with van der Waals surface area (Å²) in [4.78, 5) is 10.7. The van der Waals surface area contributed by atoms with Crippen molar-refractivity contribution in [2.24, 2.45) is 5.73 Å². The van der Waals surface area contributed by atoms with Gasteiger partial charge in [-0.25, -0.2) is 4.68 Å². The number of amides is 1. The van der Waals surface area contributed by atoms with Gasteiger partial charge in [0, 0.05) is 0 Å². The lowest BCUT2D eigenvalue weighted by Crippen LogP contribution is -2.25. The maximum absolute atomic E-state index is 10.7. The molecule has 2 heterocycles. The first-order chi connectivity index (χ1) is 5.77. The zero-order chi connectivity index (χ0) is 8.55. The number of nitrogens with two attached hydrogens (primary N) is 1. The fourth-order valence-corrected chi connectivity index (χ4v) is 0.929. The van der Waals surface area contributed by atoms with Crippen LogP contribution in [-0.2, 0) is 11.3 Å². The summed E-state index contributed by atoms with van der Waals surface area (Å²) in [5.74, 6) is -0.0736. The predicted octanol–water partition coefficient (Wildman–Crippen LogP) is -1.53. The van der Waals surface area contributed by atoms with Crippen LogP contribution in [0.1, 0.15) is 0 Å². The third-order valence-electron chi connectivity index (χ3n) is 1.51.